The fourth-order valence-electron chi connectivity index (χ4n) is 2.97. The predicted molar refractivity (Wildman–Crippen MR) is 125 cm³/mol. The smallest absolute Gasteiger partial charge is 0.261 e. The van der Waals surface area contributed by atoms with Crippen molar-refractivity contribution in [3.05, 3.63) is 102 Å². The zero-order chi connectivity index (χ0) is 23.1. The SMILES string of the molecule is C=CCNC(=O)c1ccccc1NC(=O)c1cccc(S(=O)(=O)Nc2cccc(C)c2)c1. The summed E-state index contributed by atoms with van der Waals surface area (Å²) in [5.41, 5.74) is 2.07. The molecule has 0 aliphatic carbocycles. The molecule has 3 rings (SSSR count). The summed E-state index contributed by atoms with van der Waals surface area (Å²) in [5.74, 6) is -0.902. The van der Waals surface area contributed by atoms with Crippen molar-refractivity contribution in [2.75, 3.05) is 16.6 Å². The molecule has 0 radical (unpaired) electrons. The van der Waals surface area contributed by atoms with E-state index >= 15 is 0 Å². The molecule has 0 fully saturated rings. The molecule has 3 aromatic carbocycles. The predicted octanol–water partition coefficient (Wildman–Crippen LogP) is 3.96. The summed E-state index contributed by atoms with van der Waals surface area (Å²) in [7, 11) is -3.89. The molecule has 0 atom stereocenters. The van der Waals surface area contributed by atoms with Crippen LogP contribution in [-0.4, -0.2) is 26.8 Å². The zero-order valence-corrected chi connectivity index (χ0v) is 18.3. The van der Waals surface area contributed by atoms with Gasteiger partial charge in [-0.05, 0) is 55.0 Å². The molecule has 0 saturated heterocycles. The largest absolute Gasteiger partial charge is 0.349 e. The van der Waals surface area contributed by atoms with Gasteiger partial charge in [0.05, 0.1) is 16.1 Å². The first-order chi connectivity index (χ1) is 15.3. The standard InChI is InChI=1S/C24H23N3O4S/c1-3-14-25-24(29)21-12-4-5-13-22(21)26-23(28)18-9-7-11-20(16-18)32(30,31)27-19-10-6-8-17(2)15-19/h3-13,15-16,27H,1,14H2,2H3,(H,25,29)(H,26,28). The lowest BCUT2D eigenvalue weighted by molar-refractivity contribution is 0.0959. The first kappa shape index (κ1) is 22.8. The third kappa shape index (κ3) is 5.61. The van der Waals surface area contributed by atoms with E-state index < -0.39 is 15.9 Å². The maximum Gasteiger partial charge on any atom is 0.261 e. The average Bonchev–Trinajstić information content (AvgIpc) is 2.77. The van der Waals surface area contributed by atoms with Gasteiger partial charge in [-0.15, -0.1) is 6.58 Å². The van der Waals surface area contributed by atoms with E-state index in [1.54, 1.807) is 48.5 Å². The Morgan fingerprint density at radius 3 is 2.44 bits per heavy atom. The molecule has 0 aromatic heterocycles. The second-order valence-corrected chi connectivity index (χ2v) is 8.68. The van der Waals surface area contributed by atoms with Crippen LogP contribution in [0.3, 0.4) is 0 Å². The van der Waals surface area contributed by atoms with Crippen molar-refractivity contribution in [2.24, 2.45) is 0 Å². The van der Waals surface area contributed by atoms with E-state index in [1.165, 1.54) is 24.3 Å². The first-order valence-corrected chi connectivity index (χ1v) is 11.3. The van der Waals surface area contributed by atoms with E-state index in [9.17, 15) is 18.0 Å². The van der Waals surface area contributed by atoms with E-state index in [2.05, 4.69) is 21.9 Å². The van der Waals surface area contributed by atoms with E-state index in [4.69, 9.17) is 0 Å². The first-order valence-electron chi connectivity index (χ1n) is 9.79. The van der Waals surface area contributed by atoms with Crippen LogP contribution in [0.25, 0.3) is 0 Å². The van der Waals surface area contributed by atoms with Crippen LogP contribution in [-0.2, 0) is 10.0 Å². The van der Waals surface area contributed by atoms with Crippen LogP contribution in [0.1, 0.15) is 26.3 Å². The minimum atomic E-state index is -3.89. The molecule has 32 heavy (non-hydrogen) atoms. The summed E-state index contributed by atoms with van der Waals surface area (Å²) in [5, 5.41) is 5.34. The van der Waals surface area contributed by atoms with Gasteiger partial charge in [0.15, 0.2) is 0 Å². The molecule has 0 heterocycles. The maximum atomic E-state index is 12.8. The Labute approximate surface area is 187 Å². The van der Waals surface area contributed by atoms with Gasteiger partial charge in [-0.1, -0.05) is 36.4 Å². The fraction of sp³-hybridized carbons (Fsp3) is 0.0833. The summed E-state index contributed by atoms with van der Waals surface area (Å²) < 4.78 is 28.1. The Morgan fingerprint density at radius 2 is 1.69 bits per heavy atom. The number of rotatable bonds is 8. The maximum absolute atomic E-state index is 12.8. The van der Waals surface area contributed by atoms with Crippen LogP contribution in [0.2, 0.25) is 0 Å². The molecule has 0 spiro atoms. The van der Waals surface area contributed by atoms with Gasteiger partial charge >= 0.3 is 0 Å². The van der Waals surface area contributed by atoms with Crippen LogP contribution >= 0.6 is 0 Å². The van der Waals surface area contributed by atoms with Crippen LogP contribution in [0.15, 0.2) is 90.3 Å². The molecule has 0 aliphatic rings. The monoisotopic (exact) mass is 449 g/mol. The summed E-state index contributed by atoms with van der Waals surface area (Å²) in [6.07, 6.45) is 1.55. The lowest BCUT2D eigenvalue weighted by Gasteiger charge is -2.12. The topological polar surface area (TPSA) is 104 Å². The summed E-state index contributed by atoms with van der Waals surface area (Å²) in [6.45, 7) is 5.70. The number of amides is 2. The van der Waals surface area contributed by atoms with Gasteiger partial charge in [0.25, 0.3) is 21.8 Å². The molecule has 3 N–H and O–H groups in total. The Kier molecular flexibility index (Phi) is 7.07. The lowest BCUT2D eigenvalue weighted by Crippen LogP contribution is -2.25. The number of anilines is 2. The van der Waals surface area contributed by atoms with Gasteiger partial charge in [0, 0.05) is 17.8 Å². The van der Waals surface area contributed by atoms with E-state index in [0.717, 1.165) is 5.56 Å². The molecular weight excluding hydrogens is 426 g/mol. The highest BCUT2D eigenvalue weighted by molar-refractivity contribution is 7.92. The van der Waals surface area contributed by atoms with Crippen molar-refractivity contribution in [1.29, 1.82) is 0 Å². The van der Waals surface area contributed by atoms with Crippen molar-refractivity contribution in [1.82, 2.24) is 5.32 Å². The second kappa shape index (κ2) is 9.93. The molecular formula is C24H23N3O4S. The van der Waals surface area contributed by atoms with Crippen molar-refractivity contribution < 1.29 is 18.0 Å². The Bertz CT molecular complexity index is 1270. The highest BCUT2D eigenvalue weighted by Gasteiger charge is 2.18. The highest BCUT2D eigenvalue weighted by atomic mass is 32.2. The second-order valence-electron chi connectivity index (χ2n) is 7.00. The zero-order valence-electron chi connectivity index (χ0n) is 17.5. The van der Waals surface area contributed by atoms with Gasteiger partial charge in [0.2, 0.25) is 0 Å². The molecule has 8 heteroatoms. The average molecular weight is 450 g/mol. The third-order valence-electron chi connectivity index (χ3n) is 4.50. The normalized spacial score (nSPS) is 10.8. The minimum Gasteiger partial charge on any atom is -0.349 e. The van der Waals surface area contributed by atoms with Gasteiger partial charge in [-0.25, -0.2) is 8.42 Å². The quantitative estimate of drug-likeness (QED) is 0.453. The van der Waals surface area contributed by atoms with Crippen LogP contribution in [0.5, 0.6) is 0 Å². The molecule has 7 nitrogen and oxygen atoms in total. The van der Waals surface area contributed by atoms with E-state index in [-0.39, 0.29) is 28.5 Å². The lowest BCUT2D eigenvalue weighted by atomic mass is 10.1. The number of carbonyl (C=O) groups excluding carboxylic acids is 2. The Morgan fingerprint density at radius 1 is 0.938 bits per heavy atom. The molecule has 2 amide bonds. The molecule has 0 saturated carbocycles. The number of para-hydroxylation sites is 1. The van der Waals surface area contributed by atoms with Crippen molar-refractivity contribution in [3.63, 3.8) is 0 Å². The number of benzene rings is 3. The van der Waals surface area contributed by atoms with Crippen LogP contribution in [0.4, 0.5) is 11.4 Å². The fourth-order valence-corrected chi connectivity index (χ4v) is 4.07. The molecule has 164 valence electrons. The van der Waals surface area contributed by atoms with Crippen molar-refractivity contribution in [2.45, 2.75) is 11.8 Å². The number of nitrogens with one attached hydrogen (secondary N) is 3. The Hall–Kier alpha value is -3.91. The number of hydrogen-bond donors (Lipinski definition) is 3. The minimum absolute atomic E-state index is 0.0522. The van der Waals surface area contributed by atoms with Crippen LogP contribution < -0.4 is 15.4 Å². The number of aryl methyl sites for hydroxylation is 1. The van der Waals surface area contributed by atoms with Gasteiger partial charge in [0.1, 0.15) is 0 Å². The van der Waals surface area contributed by atoms with E-state index in [0.29, 0.717) is 11.4 Å². The molecule has 0 aliphatic heterocycles. The molecule has 3 aromatic rings. The highest BCUT2D eigenvalue weighted by Crippen LogP contribution is 2.20. The van der Waals surface area contributed by atoms with Gasteiger partial charge < -0.3 is 10.6 Å². The molecule has 0 unspecified atom stereocenters. The summed E-state index contributed by atoms with van der Waals surface area (Å²) in [6, 6.07) is 19.2. The number of hydrogen-bond acceptors (Lipinski definition) is 4. The van der Waals surface area contributed by atoms with Gasteiger partial charge in [-0.3, -0.25) is 14.3 Å². The van der Waals surface area contributed by atoms with Gasteiger partial charge in [-0.2, -0.15) is 0 Å². The van der Waals surface area contributed by atoms with E-state index in [1.807, 2.05) is 13.0 Å². The van der Waals surface area contributed by atoms with Crippen LogP contribution in [0, 0.1) is 6.92 Å². The van der Waals surface area contributed by atoms with Crippen molar-refractivity contribution >= 4 is 33.2 Å². The number of carbonyl (C=O) groups is 2. The summed E-state index contributed by atoms with van der Waals surface area (Å²) in [4.78, 5) is 25.1. The van der Waals surface area contributed by atoms with Crippen molar-refractivity contribution in [3.8, 4) is 0 Å². The third-order valence-corrected chi connectivity index (χ3v) is 5.88. The molecule has 0 bridgehead atoms. The number of sulfonamides is 1. The Balaban J connectivity index is 1.82. The summed E-state index contributed by atoms with van der Waals surface area (Å²) >= 11 is 0.